The van der Waals surface area contributed by atoms with E-state index in [1.165, 1.54) is 10.6 Å². The van der Waals surface area contributed by atoms with Crippen molar-refractivity contribution >= 4 is 16.1 Å². The van der Waals surface area contributed by atoms with Crippen molar-refractivity contribution in [2.24, 2.45) is 0 Å². The number of urea groups is 1. The second-order valence-corrected chi connectivity index (χ2v) is 7.54. The molecule has 23 heavy (non-hydrogen) atoms. The Labute approximate surface area is 137 Å². The molecule has 1 aliphatic heterocycles. The fourth-order valence-corrected chi connectivity index (χ4v) is 3.33. The summed E-state index contributed by atoms with van der Waals surface area (Å²) in [6.07, 6.45) is 1.19. The second-order valence-electron chi connectivity index (χ2n) is 5.56. The zero-order valence-electron chi connectivity index (χ0n) is 13.5. The van der Waals surface area contributed by atoms with Crippen LogP contribution in [0.2, 0.25) is 0 Å². The number of nitrogens with one attached hydrogen (secondary N) is 1. The monoisotopic (exact) mass is 341 g/mol. The molecule has 2 amide bonds. The van der Waals surface area contributed by atoms with Crippen LogP contribution in [-0.2, 0) is 27.9 Å². The molecule has 0 saturated carbocycles. The van der Waals surface area contributed by atoms with E-state index in [-0.39, 0.29) is 6.03 Å². The Kier molecular flexibility index (Phi) is 5.97. The third kappa shape index (κ3) is 5.19. The first-order chi connectivity index (χ1) is 10.9. The lowest BCUT2D eigenvalue weighted by atomic mass is 10.1. The maximum Gasteiger partial charge on any atom is 0.317 e. The largest absolute Gasteiger partial charge is 0.380 e. The maximum atomic E-state index is 12.2. The summed E-state index contributed by atoms with van der Waals surface area (Å²) in [4.78, 5) is 13.8. The van der Waals surface area contributed by atoms with Gasteiger partial charge in [0.1, 0.15) is 0 Å². The summed E-state index contributed by atoms with van der Waals surface area (Å²) < 4.78 is 29.4. The Morgan fingerprint density at radius 3 is 2.48 bits per heavy atom. The van der Waals surface area contributed by atoms with Gasteiger partial charge in [0.25, 0.3) is 0 Å². The summed E-state index contributed by atoms with van der Waals surface area (Å²) in [7, 11) is -1.53. The molecule has 1 aromatic rings. The van der Waals surface area contributed by atoms with Crippen molar-refractivity contribution in [1.82, 2.24) is 14.5 Å². The lowest BCUT2D eigenvalue weighted by Gasteiger charge is -2.33. The number of hydrogen-bond acceptors (Lipinski definition) is 4. The van der Waals surface area contributed by atoms with Gasteiger partial charge in [0.15, 0.2) is 0 Å². The first-order valence-electron chi connectivity index (χ1n) is 7.45. The fourth-order valence-electron chi connectivity index (χ4n) is 2.51. The average Bonchev–Trinajstić information content (AvgIpc) is 2.53. The van der Waals surface area contributed by atoms with Crippen molar-refractivity contribution in [3.05, 3.63) is 35.4 Å². The molecule has 128 valence electrons. The van der Waals surface area contributed by atoms with Gasteiger partial charge in [0.2, 0.25) is 10.0 Å². The molecule has 1 aromatic carbocycles. The molecule has 0 atom stereocenters. The molecule has 0 aliphatic carbocycles. The molecule has 0 bridgehead atoms. The van der Waals surface area contributed by atoms with Crippen LogP contribution in [0.15, 0.2) is 24.3 Å². The van der Waals surface area contributed by atoms with Crippen LogP contribution in [0, 0.1) is 0 Å². The van der Waals surface area contributed by atoms with E-state index in [9.17, 15) is 13.2 Å². The van der Waals surface area contributed by atoms with Gasteiger partial charge in [-0.3, -0.25) is 0 Å². The van der Waals surface area contributed by atoms with Crippen molar-refractivity contribution in [2.45, 2.75) is 13.2 Å². The quantitative estimate of drug-likeness (QED) is 0.851. The van der Waals surface area contributed by atoms with Crippen molar-refractivity contribution in [1.29, 1.82) is 0 Å². The van der Waals surface area contributed by atoms with E-state index >= 15 is 0 Å². The Balaban J connectivity index is 1.83. The summed E-state index contributed by atoms with van der Waals surface area (Å²) >= 11 is 0. The Morgan fingerprint density at radius 1 is 1.22 bits per heavy atom. The molecular formula is C15H23N3O4S. The van der Waals surface area contributed by atoms with Gasteiger partial charge >= 0.3 is 6.03 Å². The molecule has 7 nitrogen and oxygen atoms in total. The van der Waals surface area contributed by atoms with Gasteiger partial charge in [-0.15, -0.1) is 0 Å². The highest BCUT2D eigenvalue weighted by Gasteiger charge is 2.25. The number of benzene rings is 1. The highest BCUT2D eigenvalue weighted by Crippen LogP contribution is 2.08. The molecule has 0 spiro atoms. The van der Waals surface area contributed by atoms with Crippen molar-refractivity contribution in [3.63, 3.8) is 0 Å². The predicted octanol–water partition coefficient (Wildman–Crippen LogP) is 0.620. The van der Waals surface area contributed by atoms with Gasteiger partial charge in [-0.1, -0.05) is 24.3 Å². The van der Waals surface area contributed by atoms with Crippen LogP contribution in [0.3, 0.4) is 0 Å². The van der Waals surface area contributed by atoms with Crippen molar-refractivity contribution < 1.29 is 17.9 Å². The van der Waals surface area contributed by atoms with Crippen LogP contribution in [0.25, 0.3) is 0 Å². The molecule has 1 fully saturated rings. The minimum absolute atomic E-state index is 0.171. The Hall–Kier alpha value is -1.64. The number of sulfonamides is 1. The number of rotatable bonds is 5. The smallest absolute Gasteiger partial charge is 0.317 e. The van der Waals surface area contributed by atoms with E-state index in [0.29, 0.717) is 39.3 Å². The van der Waals surface area contributed by atoms with Crippen LogP contribution in [0.1, 0.15) is 11.1 Å². The molecule has 1 saturated heterocycles. The zero-order valence-corrected chi connectivity index (χ0v) is 14.3. The molecule has 0 radical (unpaired) electrons. The number of ether oxygens (including phenoxy) is 1. The predicted molar refractivity (Wildman–Crippen MR) is 87.4 cm³/mol. The van der Waals surface area contributed by atoms with Gasteiger partial charge < -0.3 is 15.0 Å². The number of methoxy groups -OCH3 is 1. The summed E-state index contributed by atoms with van der Waals surface area (Å²) in [6.45, 7) is 2.47. The van der Waals surface area contributed by atoms with Gasteiger partial charge in [-0.2, -0.15) is 4.31 Å². The maximum absolute atomic E-state index is 12.2. The fraction of sp³-hybridized carbons (Fsp3) is 0.533. The van der Waals surface area contributed by atoms with Crippen LogP contribution in [-0.4, -0.2) is 63.2 Å². The third-order valence-corrected chi connectivity index (χ3v) is 5.04. The topological polar surface area (TPSA) is 79.0 Å². The average molecular weight is 341 g/mol. The highest BCUT2D eigenvalue weighted by atomic mass is 32.2. The van der Waals surface area contributed by atoms with E-state index in [2.05, 4.69) is 5.32 Å². The number of carbonyl (C=O) groups excluding carboxylic acids is 1. The van der Waals surface area contributed by atoms with Crippen LogP contribution in [0.5, 0.6) is 0 Å². The van der Waals surface area contributed by atoms with Crippen LogP contribution in [0.4, 0.5) is 4.79 Å². The Bertz CT molecular complexity index is 640. The van der Waals surface area contributed by atoms with Crippen molar-refractivity contribution in [3.8, 4) is 0 Å². The number of piperazine rings is 1. The number of hydrogen-bond donors (Lipinski definition) is 1. The minimum Gasteiger partial charge on any atom is -0.380 e. The summed E-state index contributed by atoms with van der Waals surface area (Å²) in [5.74, 6) is 0. The zero-order chi connectivity index (χ0) is 16.9. The van der Waals surface area contributed by atoms with Gasteiger partial charge in [-0.25, -0.2) is 13.2 Å². The second kappa shape index (κ2) is 7.76. The van der Waals surface area contributed by atoms with E-state index in [1.54, 1.807) is 12.0 Å². The lowest BCUT2D eigenvalue weighted by Crippen LogP contribution is -2.52. The molecule has 0 unspecified atom stereocenters. The molecular weight excluding hydrogens is 318 g/mol. The summed E-state index contributed by atoms with van der Waals surface area (Å²) in [5, 5.41) is 2.87. The summed E-state index contributed by atoms with van der Waals surface area (Å²) in [6, 6.07) is 7.67. The van der Waals surface area contributed by atoms with E-state index in [4.69, 9.17) is 4.74 Å². The van der Waals surface area contributed by atoms with Gasteiger partial charge in [0, 0.05) is 39.8 Å². The molecule has 1 N–H and O–H groups in total. The highest BCUT2D eigenvalue weighted by molar-refractivity contribution is 7.88. The minimum atomic E-state index is -3.18. The lowest BCUT2D eigenvalue weighted by molar-refractivity contribution is 0.172. The van der Waals surface area contributed by atoms with E-state index < -0.39 is 10.0 Å². The molecule has 0 aromatic heterocycles. The number of amides is 2. The van der Waals surface area contributed by atoms with Gasteiger partial charge in [0.05, 0.1) is 12.9 Å². The normalized spacial score (nSPS) is 16.3. The summed E-state index contributed by atoms with van der Waals surface area (Å²) in [5.41, 5.74) is 2.06. The van der Waals surface area contributed by atoms with E-state index in [0.717, 1.165) is 11.1 Å². The molecule has 1 heterocycles. The number of nitrogens with zero attached hydrogens (tertiary/aromatic N) is 2. The van der Waals surface area contributed by atoms with Gasteiger partial charge in [-0.05, 0) is 11.1 Å². The van der Waals surface area contributed by atoms with Crippen LogP contribution < -0.4 is 5.32 Å². The molecule has 2 rings (SSSR count). The first kappa shape index (κ1) is 17.7. The van der Waals surface area contributed by atoms with Crippen LogP contribution >= 0.6 is 0 Å². The SMILES string of the molecule is COCc1cccc(CNC(=O)N2CCN(S(C)(=O)=O)CC2)c1. The van der Waals surface area contributed by atoms with Crippen molar-refractivity contribution in [2.75, 3.05) is 39.5 Å². The van der Waals surface area contributed by atoms with E-state index in [1.807, 2.05) is 24.3 Å². The third-order valence-electron chi connectivity index (χ3n) is 3.74. The molecule has 1 aliphatic rings. The molecule has 8 heteroatoms. The Morgan fingerprint density at radius 2 is 1.87 bits per heavy atom. The number of carbonyl (C=O) groups is 1. The first-order valence-corrected chi connectivity index (χ1v) is 9.29. The standard InChI is InChI=1S/C15H23N3O4S/c1-22-12-14-5-3-4-13(10-14)11-16-15(19)17-6-8-18(9-7-17)23(2,20)21/h3-5,10H,6-9,11-12H2,1-2H3,(H,16,19).